The Morgan fingerprint density at radius 1 is 1.13 bits per heavy atom. The van der Waals surface area contributed by atoms with Gasteiger partial charge in [0, 0.05) is 18.0 Å². The highest BCUT2D eigenvalue weighted by molar-refractivity contribution is 5.97. The topological polar surface area (TPSA) is 83.6 Å². The summed E-state index contributed by atoms with van der Waals surface area (Å²) in [6.07, 6.45) is 8.42. The number of carboxylic acid groups (broad SMARTS) is 1. The van der Waals surface area contributed by atoms with Crippen molar-refractivity contribution < 1.29 is 19.2 Å². The van der Waals surface area contributed by atoms with E-state index in [0.29, 0.717) is 18.0 Å². The third-order valence-electron chi connectivity index (χ3n) is 5.76. The number of aromatic nitrogens is 1. The maximum Gasteiger partial charge on any atom is 0.326 e. The smallest absolute Gasteiger partial charge is 0.326 e. The van der Waals surface area contributed by atoms with Crippen LogP contribution in [0.5, 0.6) is 0 Å². The highest BCUT2D eigenvalue weighted by Crippen LogP contribution is 2.41. The highest BCUT2D eigenvalue weighted by Gasteiger charge is 2.48. The van der Waals surface area contributed by atoms with Crippen LogP contribution in [-0.2, 0) is 17.6 Å². The molecular weight excluding hydrogens is 296 g/mol. The predicted molar refractivity (Wildman–Crippen MR) is 81.1 cm³/mol. The molecule has 0 bridgehead atoms. The molecule has 3 aliphatic rings. The zero-order valence-corrected chi connectivity index (χ0v) is 13.2. The number of carbonyl (C=O) groups excluding carboxylic acids is 1. The van der Waals surface area contributed by atoms with Crippen LogP contribution in [-0.4, -0.2) is 39.1 Å². The van der Waals surface area contributed by atoms with Gasteiger partial charge in [0.15, 0.2) is 5.69 Å². The maximum atomic E-state index is 13.1. The highest BCUT2D eigenvalue weighted by atomic mass is 16.5. The third kappa shape index (κ3) is 2.35. The number of aryl methyl sites for hydroxylation is 1. The molecule has 1 N–H and O–H groups in total. The van der Waals surface area contributed by atoms with Crippen molar-refractivity contribution in [2.24, 2.45) is 5.92 Å². The van der Waals surface area contributed by atoms with Gasteiger partial charge < -0.3 is 14.5 Å². The Morgan fingerprint density at radius 2 is 1.91 bits per heavy atom. The van der Waals surface area contributed by atoms with Crippen LogP contribution in [0, 0.1) is 5.92 Å². The van der Waals surface area contributed by atoms with Crippen molar-refractivity contribution in [3.05, 3.63) is 17.0 Å². The second-order valence-corrected chi connectivity index (χ2v) is 7.05. The van der Waals surface area contributed by atoms with Crippen molar-refractivity contribution in [2.45, 2.75) is 69.9 Å². The molecule has 6 nitrogen and oxygen atoms in total. The number of nitrogens with zero attached hydrogens (tertiary/aromatic N) is 2. The Labute approximate surface area is 134 Å². The lowest BCUT2D eigenvalue weighted by Gasteiger charge is -2.32. The normalized spacial score (nSPS) is 29.9. The molecule has 6 heteroatoms. The number of rotatable bonds is 2. The van der Waals surface area contributed by atoms with Crippen LogP contribution in [0.15, 0.2) is 4.52 Å². The van der Waals surface area contributed by atoms with Crippen LogP contribution < -0.4 is 0 Å². The van der Waals surface area contributed by atoms with Gasteiger partial charge in [-0.1, -0.05) is 18.0 Å². The molecule has 3 atom stereocenters. The Kier molecular flexibility index (Phi) is 3.62. The first kappa shape index (κ1) is 14.7. The second-order valence-electron chi connectivity index (χ2n) is 7.05. The first-order valence-corrected chi connectivity index (χ1v) is 8.69. The molecule has 4 rings (SSSR count). The number of carboxylic acids is 1. The summed E-state index contributed by atoms with van der Waals surface area (Å²) in [7, 11) is 0. The summed E-state index contributed by atoms with van der Waals surface area (Å²) in [5, 5.41) is 13.6. The van der Waals surface area contributed by atoms with E-state index in [-0.39, 0.29) is 11.9 Å². The predicted octanol–water partition coefficient (Wildman–Crippen LogP) is 2.41. The lowest BCUT2D eigenvalue weighted by molar-refractivity contribution is -0.141. The van der Waals surface area contributed by atoms with Gasteiger partial charge in [0.05, 0.1) is 0 Å². The SMILES string of the molecule is O=C(O)C1CC2CCCCC2N1C(=O)c1noc2c1CCCC2. The molecule has 0 radical (unpaired) electrons. The lowest BCUT2D eigenvalue weighted by Crippen LogP contribution is -2.46. The lowest BCUT2D eigenvalue weighted by atomic mass is 9.84. The fourth-order valence-electron chi connectivity index (χ4n) is 4.65. The second kappa shape index (κ2) is 5.65. The molecule has 1 aromatic heterocycles. The molecular formula is C17H22N2O4. The van der Waals surface area contributed by atoms with E-state index in [4.69, 9.17) is 4.52 Å². The molecule has 1 aliphatic heterocycles. The van der Waals surface area contributed by atoms with E-state index in [1.54, 1.807) is 4.90 Å². The molecule has 23 heavy (non-hydrogen) atoms. The molecule has 124 valence electrons. The monoisotopic (exact) mass is 318 g/mol. The summed E-state index contributed by atoms with van der Waals surface area (Å²) in [5.41, 5.74) is 1.27. The van der Waals surface area contributed by atoms with Crippen LogP contribution in [0.3, 0.4) is 0 Å². The number of hydrogen-bond acceptors (Lipinski definition) is 4. The minimum Gasteiger partial charge on any atom is -0.480 e. The van der Waals surface area contributed by atoms with E-state index in [2.05, 4.69) is 5.16 Å². The number of carbonyl (C=O) groups is 2. The third-order valence-corrected chi connectivity index (χ3v) is 5.76. The van der Waals surface area contributed by atoms with Crippen molar-refractivity contribution in [3.63, 3.8) is 0 Å². The number of fused-ring (bicyclic) bond motifs is 2. The zero-order valence-electron chi connectivity index (χ0n) is 13.2. The van der Waals surface area contributed by atoms with Gasteiger partial charge in [-0.3, -0.25) is 4.79 Å². The molecule has 1 saturated heterocycles. The van der Waals surface area contributed by atoms with Gasteiger partial charge in [-0.25, -0.2) is 4.79 Å². The van der Waals surface area contributed by atoms with Crippen molar-refractivity contribution in [1.29, 1.82) is 0 Å². The maximum absolute atomic E-state index is 13.1. The van der Waals surface area contributed by atoms with Crippen molar-refractivity contribution >= 4 is 11.9 Å². The van der Waals surface area contributed by atoms with E-state index < -0.39 is 12.0 Å². The molecule has 0 aromatic carbocycles. The molecule has 3 unspecified atom stereocenters. The molecule has 2 heterocycles. The van der Waals surface area contributed by atoms with Gasteiger partial charge in [-0.05, 0) is 44.4 Å². The Balaban J connectivity index is 1.67. The molecule has 1 amide bonds. The minimum atomic E-state index is -0.898. The summed E-state index contributed by atoms with van der Waals surface area (Å²) in [6.45, 7) is 0. The van der Waals surface area contributed by atoms with Gasteiger partial charge >= 0.3 is 5.97 Å². The molecule has 2 fully saturated rings. The number of hydrogen-bond donors (Lipinski definition) is 1. The average molecular weight is 318 g/mol. The van der Waals surface area contributed by atoms with Crippen LogP contribution >= 0.6 is 0 Å². The molecule has 1 saturated carbocycles. The first-order valence-electron chi connectivity index (χ1n) is 8.69. The number of amides is 1. The summed E-state index contributed by atoms with van der Waals surface area (Å²) in [5.74, 6) is -0.00814. The quantitative estimate of drug-likeness (QED) is 0.905. The van der Waals surface area contributed by atoms with E-state index >= 15 is 0 Å². The van der Waals surface area contributed by atoms with E-state index in [0.717, 1.165) is 62.7 Å². The zero-order chi connectivity index (χ0) is 16.0. The van der Waals surface area contributed by atoms with Gasteiger partial charge in [-0.15, -0.1) is 0 Å². The van der Waals surface area contributed by atoms with Gasteiger partial charge in [-0.2, -0.15) is 0 Å². The Hall–Kier alpha value is -1.85. The van der Waals surface area contributed by atoms with Gasteiger partial charge in [0.2, 0.25) is 0 Å². The van der Waals surface area contributed by atoms with Crippen molar-refractivity contribution in [3.8, 4) is 0 Å². The van der Waals surface area contributed by atoms with E-state index in [1.165, 1.54) is 0 Å². The molecule has 0 spiro atoms. The molecule has 1 aromatic rings. The summed E-state index contributed by atoms with van der Waals surface area (Å²) >= 11 is 0. The first-order chi connectivity index (χ1) is 11.2. The average Bonchev–Trinajstić information content (AvgIpc) is 3.16. The fraction of sp³-hybridized carbons (Fsp3) is 0.706. The number of aliphatic carboxylic acids is 1. The van der Waals surface area contributed by atoms with Crippen LogP contribution in [0.2, 0.25) is 0 Å². The van der Waals surface area contributed by atoms with Gasteiger partial charge in [0.1, 0.15) is 11.8 Å². The minimum absolute atomic E-state index is 0.0493. The number of likely N-dealkylation sites (tertiary alicyclic amines) is 1. The standard InChI is InChI=1S/C17H22N2O4/c20-16(15-11-6-2-4-8-14(11)23-18-15)19-12-7-3-1-5-10(12)9-13(19)17(21)22/h10,12-13H,1-9H2,(H,21,22). The van der Waals surface area contributed by atoms with Crippen molar-refractivity contribution in [1.82, 2.24) is 10.1 Å². The van der Waals surface area contributed by atoms with E-state index in [1.807, 2.05) is 0 Å². The fourth-order valence-corrected chi connectivity index (χ4v) is 4.65. The summed E-state index contributed by atoms with van der Waals surface area (Å²) in [4.78, 5) is 26.4. The summed E-state index contributed by atoms with van der Waals surface area (Å²) in [6, 6.07) is -0.667. The largest absolute Gasteiger partial charge is 0.480 e. The molecule has 2 aliphatic carbocycles. The summed E-state index contributed by atoms with van der Waals surface area (Å²) < 4.78 is 5.35. The Morgan fingerprint density at radius 3 is 2.74 bits per heavy atom. The van der Waals surface area contributed by atoms with Gasteiger partial charge in [0.25, 0.3) is 5.91 Å². The van der Waals surface area contributed by atoms with Crippen LogP contribution in [0.25, 0.3) is 0 Å². The van der Waals surface area contributed by atoms with E-state index in [9.17, 15) is 14.7 Å². The van der Waals surface area contributed by atoms with Crippen molar-refractivity contribution in [2.75, 3.05) is 0 Å². The van der Waals surface area contributed by atoms with Crippen LogP contribution in [0.1, 0.15) is 66.8 Å². The Bertz CT molecular complexity index is 639. The van der Waals surface area contributed by atoms with Crippen LogP contribution in [0.4, 0.5) is 0 Å².